The first-order chi connectivity index (χ1) is 15.9. The Morgan fingerprint density at radius 2 is 1.91 bits per heavy atom. The molecule has 33 heavy (non-hydrogen) atoms. The largest absolute Gasteiger partial charge is 0.454 e. The van der Waals surface area contributed by atoms with Gasteiger partial charge in [-0.25, -0.2) is 4.90 Å². The quantitative estimate of drug-likeness (QED) is 0.652. The second kappa shape index (κ2) is 6.27. The van der Waals surface area contributed by atoms with E-state index in [1.165, 1.54) is 4.90 Å². The summed E-state index contributed by atoms with van der Waals surface area (Å²) in [6.45, 7) is 2.67. The third-order valence-corrected chi connectivity index (χ3v) is 8.11. The van der Waals surface area contributed by atoms with Crippen LogP contribution in [-0.4, -0.2) is 42.0 Å². The molecule has 1 spiro atoms. The van der Waals surface area contributed by atoms with Gasteiger partial charge in [0.25, 0.3) is 5.91 Å². The summed E-state index contributed by atoms with van der Waals surface area (Å²) < 4.78 is 10.8. The Bertz CT molecular complexity index is 1300. The molecule has 3 saturated heterocycles. The Labute approximate surface area is 194 Å². The molecule has 5 heterocycles. The van der Waals surface area contributed by atoms with Gasteiger partial charge in [-0.15, -0.1) is 0 Å². The zero-order valence-electron chi connectivity index (χ0n) is 17.8. The highest BCUT2D eigenvalue weighted by Crippen LogP contribution is 2.61. The van der Waals surface area contributed by atoms with Crippen LogP contribution in [-0.2, 0) is 19.9 Å². The van der Waals surface area contributed by atoms with Crippen LogP contribution in [0, 0.1) is 18.8 Å². The summed E-state index contributed by atoms with van der Waals surface area (Å²) in [5.41, 5.74) is 1.34. The smallest absolute Gasteiger partial charge is 0.250 e. The number of halogens is 1. The van der Waals surface area contributed by atoms with E-state index in [4.69, 9.17) is 21.1 Å². The Hall–Kier alpha value is -3.10. The highest BCUT2D eigenvalue weighted by molar-refractivity contribution is 6.35. The van der Waals surface area contributed by atoms with Crippen molar-refractivity contribution in [1.82, 2.24) is 4.90 Å². The maximum atomic E-state index is 14.0. The summed E-state index contributed by atoms with van der Waals surface area (Å²) in [4.78, 5) is 44.8. The zero-order valence-corrected chi connectivity index (χ0v) is 18.5. The maximum absolute atomic E-state index is 14.0. The fraction of sp³-hybridized carbons (Fsp3) is 0.375. The van der Waals surface area contributed by atoms with Crippen LogP contribution in [0.5, 0.6) is 11.5 Å². The van der Waals surface area contributed by atoms with Gasteiger partial charge in [-0.1, -0.05) is 17.7 Å². The molecule has 0 radical (unpaired) electrons. The van der Waals surface area contributed by atoms with Crippen molar-refractivity contribution >= 4 is 40.7 Å². The molecule has 3 amide bonds. The Morgan fingerprint density at radius 3 is 2.76 bits per heavy atom. The van der Waals surface area contributed by atoms with E-state index in [2.05, 4.69) is 10.2 Å². The highest BCUT2D eigenvalue weighted by atomic mass is 35.5. The normalized spacial score (nSPS) is 31.4. The number of ether oxygens (including phenoxy) is 2. The van der Waals surface area contributed by atoms with E-state index in [0.717, 1.165) is 18.4 Å². The van der Waals surface area contributed by atoms with Crippen molar-refractivity contribution in [2.75, 3.05) is 23.6 Å². The van der Waals surface area contributed by atoms with E-state index in [-0.39, 0.29) is 30.6 Å². The molecule has 5 aliphatic rings. The van der Waals surface area contributed by atoms with Crippen LogP contribution in [0.4, 0.5) is 11.4 Å². The number of imide groups is 1. The number of aryl methyl sites for hydroxylation is 1. The van der Waals surface area contributed by atoms with E-state index in [1.807, 2.05) is 13.0 Å². The number of carbonyl (C=O) groups is 3. The molecule has 0 saturated carbocycles. The number of hydrogen-bond acceptors (Lipinski definition) is 6. The Kier molecular flexibility index (Phi) is 3.68. The molecule has 7 rings (SSSR count). The lowest BCUT2D eigenvalue weighted by atomic mass is 9.75. The molecular formula is C24H20ClN3O5. The molecule has 0 bridgehead atoms. The molecule has 168 valence electrons. The third kappa shape index (κ3) is 2.18. The predicted molar refractivity (Wildman–Crippen MR) is 118 cm³/mol. The van der Waals surface area contributed by atoms with Gasteiger partial charge >= 0.3 is 0 Å². The van der Waals surface area contributed by atoms with E-state index >= 15 is 0 Å². The van der Waals surface area contributed by atoms with Crippen molar-refractivity contribution in [1.29, 1.82) is 0 Å². The number of carbonyl (C=O) groups excluding carboxylic acids is 3. The summed E-state index contributed by atoms with van der Waals surface area (Å²) in [5.74, 6) is -1.25. The number of hydrogen-bond donors (Lipinski definition) is 1. The maximum Gasteiger partial charge on any atom is 0.250 e. The molecule has 3 fully saturated rings. The molecule has 4 unspecified atom stereocenters. The van der Waals surface area contributed by atoms with Gasteiger partial charge in [0.1, 0.15) is 5.54 Å². The first kappa shape index (κ1) is 19.4. The molecule has 0 aromatic heterocycles. The van der Waals surface area contributed by atoms with E-state index in [0.29, 0.717) is 40.0 Å². The van der Waals surface area contributed by atoms with Crippen molar-refractivity contribution in [3.05, 3.63) is 46.5 Å². The Balaban J connectivity index is 1.42. The molecular weight excluding hydrogens is 446 g/mol. The molecule has 2 aromatic rings. The Morgan fingerprint density at radius 1 is 1.09 bits per heavy atom. The van der Waals surface area contributed by atoms with Crippen LogP contribution in [0.25, 0.3) is 0 Å². The lowest BCUT2D eigenvalue weighted by Gasteiger charge is -2.36. The second-order valence-electron chi connectivity index (χ2n) is 9.35. The monoisotopic (exact) mass is 465 g/mol. The number of fused-ring (bicyclic) bond motifs is 8. The number of nitrogens with one attached hydrogen (secondary N) is 1. The van der Waals surface area contributed by atoms with Crippen molar-refractivity contribution in [3.63, 3.8) is 0 Å². The van der Waals surface area contributed by atoms with E-state index in [9.17, 15) is 14.4 Å². The standard InChI is InChI=1S/C24H20ClN3O5/c1-11-7-13-20(14(25)8-11)26-23(31)24(13)19-18(15-3-2-6-27(15)24)21(29)28(22(19)30)12-4-5-16-17(9-12)33-10-32-16/h4-5,7-9,15,18-19H,2-3,6,10H2,1H3,(H,26,31). The number of benzene rings is 2. The number of rotatable bonds is 1. The number of amides is 3. The minimum Gasteiger partial charge on any atom is -0.454 e. The average Bonchev–Trinajstić information content (AvgIpc) is 3.55. The van der Waals surface area contributed by atoms with Crippen LogP contribution < -0.4 is 19.7 Å². The predicted octanol–water partition coefficient (Wildman–Crippen LogP) is 2.81. The zero-order chi connectivity index (χ0) is 22.6. The van der Waals surface area contributed by atoms with Crippen molar-refractivity contribution < 1.29 is 23.9 Å². The molecule has 4 atom stereocenters. The van der Waals surface area contributed by atoms with Gasteiger partial charge in [0, 0.05) is 17.7 Å². The molecule has 0 aliphatic carbocycles. The molecule has 2 aromatic carbocycles. The summed E-state index contributed by atoms with van der Waals surface area (Å²) in [7, 11) is 0. The van der Waals surface area contributed by atoms with Gasteiger partial charge in [0.05, 0.1) is 28.2 Å². The van der Waals surface area contributed by atoms with Gasteiger partial charge in [-0.3, -0.25) is 19.3 Å². The molecule has 8 nitrogen and oxygen atoms in total. The van der Waals surface area contributed by atoms with Crippen LogP contribution in [0.1, 0.15) is 24.0 Å². The van der Waals surface area contributed by atoms with Crippen LogP contribution in [0.2, 0.25) is 5.02 Å². The second-order valence-corrected chi connectivity index (χ2v) is 9.75. The van der Waals surface area contributed by atoms with Gasteiger partial charge in [-0.2, -0.15) is 0 Å². The van der Waals surface area contributed by atoms with Gasteiger partial charge in [0.15, 0.2) is 11.5 Å². The average molecular weight is 466 g/mol. The fourth-order valence-corrected chi connectivity index (χ4v) is 7.00. The fourth-order valence-electron chi connectivity index (χ4n) is 6.67. The van der Waals surface area contributed by atoms with E-state index in [1.54, 1.807) is 24.3 Å². The number of anilines is 2. The first-order valence-electron chi connectivity index (χ1n) is 11.1. The highest BCUT2D eigenvalue weighted by Gasteiger charge is 2.74. The lowest BCUT2D eigenvalue weighted by molar-refractivity contribution is -0.135. The SMILES string of the molecule is Cc1cc(Cl)c2c(c1)C1(C(=O)N2)C2C(=O)N(c3ccc4c(c3)OCO4)C(=O)C2C2CCCN21. The molecule has 5 aliphatic heterocycles. The minimum absolute atomic E-state index is 0.100. The van der Waals surface area contributed by atoms with Crippen LogP contribution >= 0.6 is 11.6 Å². The van der Waals surface area contributed by atoms with Crippen LogP contribution in [0.3, 0.4) is 0 Å². The first-order valence-corrected chi connectivity index (χ1v) is 11.5. The summed E-state index contributed by atoms with van der Waals surface area (Å²) in [6, 6.07) is 8.59. The van der Waals surface area contributed by atoms with Gasteiger partial charge in [-0.05, 0) is 50.1 Å². The van der Waals surface area contributed by atoms with E-state index < -0.39 is 17.4 Å². The van der Waals surface area contributed by atoms with Crippen molar-refractivity contribution in [2.24, 2.45) is 11.8 Å². The summed E-state index contributed by atoms with van der Waals surface area (Å²) in [6.07, 6.45) is 1.63. The summed E-state index contributed by atoms with van der Waals surface area (Å²) >= 11 is 6.51. The lowest BCUT2D eigenvalue weighted by Crippen LogP contribution is -2.54. The molecule has 9 heteroatoms. The van der Waals surface area contributed by atoms with Crippen molar-refractivity contribution in [2.45, 2.75) is 31.3 Å². The topological polar surface area (TPSA) is 88.2 Å². The molecule has 1 N–H and O–H groups in total. The van der Waals surface area contributed by atoms with Gasteiger partial charge in [0.2, 0.25) is 18.6 Å². The number of nitrogens with zero attached hydrogens (tertiary/aromatic N) is 2. The third-order valence-electron chi connectivity index (χ3n) is 7.81. The van der Waals surface area contributed by atoms with Crippen molar-refractivity contribution in [3.8, 4) is 11.5 Å². The van der Waals surface area contributed by atoms with Gasteiger partial charge < -0.3 is 14.8 Å². The minimum atomic E-state index is -1.24. The summed E-state index contributed by atoms with van der Waals surface area (Å²) in [5, 5.41) is 3.39. The van der Waals surface area contributed by atoms with Crippen LogP contribution in [0.15, 0.2) is 30.3 Å².